The maximum absolute atomic E-state index is 9.98. The molecule has 0 rings (SSSR count). The largest absolute Gasteiger partial charge is 0.304 e. The van der Waals surface area contributed by atoms with Gasteiger partial charge in [0.25, 0.3) is 0 Å². The number of nitrogens with zero attached hydrogens (tertiary/aromatic N) is 1. The summed E-state index contributed by atoms with van der Waals surface area (Å²) in [5, 5.41) is 0. The summed E-state index contributed by atoms with van der Waals surface area (Å²) in [6.07, 6.45) is 0.917. The molecule has 8 heavy (non-hydrogen) atoms. The highest BCUT2D eigenvalue weighted by Gasteiger charge is 1.99. The number of aldehydes is 1. The summed E-state index contributed by atoms with van der Waals surface area (Å²) in [6, 6.07) is 0. The van der Waals surface area contributed by atoms with Gasteiger partial charge in [-0.05, 0) is 14.1 Å². The molecule has 0 bridgehead atoms. The van der Waals surface area contributed by atoms with E-state index in [0.29, 0.717) is 0 Å². The zero-order chi connectivity index (χ0) is 6.57. The van der Waals surface area contributed by atoms with Gasteiger partial charge in [0, 0.05) is 12.5 Å². The fraction of sp³-hybridized carbons (Fsp3) is 0.667. The van der Waals surface area contributed by atoms with E-state index in [0.717, 1.165) is 6.29 Å². The Balaban J connectivity index is 3.23. The van der Waals surface area contributed by atoms with Gasteiger partial charge in [0.05, 0.1) is 0 Å². The molecule has 0 aliphatic carbocycles. The molecule has 1 unspecified atom stereocenters. The van der Waals surface area contributed by atoms with Crippen LogP contribution in [0.5, 0.6) is 0 Å². The highest BCUT2D eigenvalue weighted by Crippen LogP contribution is 1.95. The fourth-order valence-electron chi connectivity index (χ4n) is 0.505. The number of carbonyl (C=O) groups is 1. The van der Waals surface area contributed by atoms with E-state index in [2.05, 4.69) is 0 Å². The summed E-state index contributed by atoms with van der Waals surface area (Å²) in [5.41, 5.74) is 0. The summed E-state index contributed by atoms with van der Waals surface area (Å²) in [7, 11) is 3.81. The van der Waals surface area contributed by atoms with E-state index in [9.17, 15) is 4.79 Å². The van der Waals surface area contributed by atoms with Crippen molar-refractivity contribution in [3.63, 3.8) is 0 Å². The first-order valence-corrected chi connectivity index (χ1v) is 2.63. The zero-order valence-electron chi connectivity index (χ0n) is 5.59. The van der Waals surface area contributed by atoms with Gasteiger partial charge in [0.15, 0.2) is 0 Å². The number of hydrogen-bond acceptors (Lipinski definition) is 2. The van der Waals surface area contributed by atoms with E-state index < -0.39 is 0 Å². The monoisotopic (exact) mass is 114 g/mol. The van der Waals surface area contributed by atoms with Crippen LogP contribution in [-0.2, 0) is 4.79 Å². The van der Waals surface area contributed by atoms with Gasteiger partial charge in [-0.3, -0.25) is 0 Å². The lowest BCUT2D eigenvalue weighted by atomic mass is 10.2. The molecule has 0 aliphatic heterocycles. The summed E-state index contributed by atoms with van der Waals surface area (Å²) in [5.74, 6) is 0.0463. The summed E-state index contributed by atoms with van der Waals surface area (Å²) in [4.78, 5) is 11.9. The van der Waals surface area contributed by atoms with Crippen molar-refractivity contribution in [2.45, 2.75) is 6.92 Å². The smallest absolute Gasteiger partial charge is 0.124 e. The molecule has 0 aromatic rings. The van der Waals surface area contributed by atoms with Crippen LogP contribution in [0.3, 0.4) is 0 Å². The van der Waals surface area contributed by atoms with Gasteiger partial charge < -0.3 is 9.69 Å². The summed E-state index contributed by atoms with van der Waals surface area (Å²) < 4.78 is 0. The van der Waals surface area contributed by atoms with Crippen molar-refractivity contribution in [2.24, 2.45) is 5.92 Å². The summed E-state index contributed by atoms with van der Waals surface area (Å²) in [6.45, 7) is 3.71. The van der Waals surface area contributed by atoms with E-state index in [1.807, 2.05) is 32.5 Å². The van der Waals surface area contributed by atoms with Crippen molar-refractivity contribution in [3.05, 3.63) is 6.54 Å². The number of carbonyl (C=O) groups excluding carboxylic acids is 1. The van der Waals surface area contributed by atoms with Crippen LogP contribution >= 0.6 is 0 Å². The molecule has 0 aliphatic rings. The van der Waals surface area contributed by atoms with Crippen molar-refractivity contribution >= 4 is 6.29 Å². The van der Waals surface area contributed by atoms with Crippen LogP contribution in [0.2, 0.25) is 0 Å². The van der Waals surface area contributed by atoms with Crippen LogP contribution in [0.4, 0.5) is 0 Å². The lowest BCUT2D eigenvalue weighted by molar-refractivity contribution is -0.110. The summed E-state index contributed by atoms with van der Waals surface area (Å²) >= 11 is 0. The average molecular weight is 114 g/mol. The first kappa shape index (κ1) is 7.63. The minimum atomic E-state index is 0.0463. The second-order valence-electron chi connectivity index (χ2n) is 2.11. The van der Waals surface area contributed by atoms with E-state index in [1.165, 1.54) is 0 Å². The lowest BCUT2D eigenvalue weighted by Gasteiger charge is -2.09. The normalized spacial score (nSPS) is 14.0. The Labute approximate surface area is 50.5 Å². The van der Waals surface area contributed by atoms with Gasteiger partial charge in [-0.15, -0.1) is 0 Å². The molecule has 0 N–H and O–H groups in total. The van der Waals surface area contributed by atoms with Gasteiger partial charge >= 0.3 is 0 Å². The molecule has 2 nitrogen and oxygen atoms in total. The van der Waals surface area contributed by atoms with Crippen molar-refractivity contribution in [2.75, 3.05) is 14.1 Å². The molecule has 0 spiro atoms. The Morgan fingerprint density at radius 2 is 2.00 bits per heavy atom. The van der Waals surface area contributed by atoms with E-state index in [4.69, 9.17) is 0 Å². The third-order valence-corrected chi connectivity index (χ3v) is 0.748. The molecule has 1 radical (unpaired) electrons. The molecule has 0 saturated heterocycles. The minimum absolute atomic E-state index is 0.0463. The molecule has 2 heteroatoms. The van der Waals surface area contributed by atoms with Crippen LogP contribution in [0.15, 0.2) is 0 Å². The van der Waals surface area contributed by atoms with Crippen LogP contribution in [-0.4, -0.2) is 25.3 Å². The second kappa shape index (κ2) is 3.61. The van der Waals surface area contributed by atoms with Gasteiger partial charge in [0.1, 0.15) is 6.29 Å². The molecule has 0 amide bonds. The second-order valence-corrected chi connectivity index (χ2v) is 2.11. The predicted molar refractivity (Wildman–Crippen MR) is 33.2 cm³/mol. The third kappa shape index (κ3) is 3.81. The molecular weight excluding hydrogens is 102 g/mol. The highest BCUT2D eigenvalue weighted by atomic mass is 16.1. The molecule has 0 fully saturated rings. The average Bonchev–Trinajstić information content (AvgIpc) is 1.65. The Morgan fingerprint density at radius 1 is 1.50 bits per heavy atom. The first-order valence-electron chi connectivity index (χ1n) is 2.63. The predicted octanol–water partition coefficient (Wildman–Crippen LogP) is 0.545. The molecule has 0 heterocycles. The Morgan fingerprint density at radius 3 is 2.12 bits per heavy atom. The van der Waals surface area contributed by atoms with E-state index in [-0.39, 0.29) is 5.92 Å². The third-order valence-electron chi connectivity index (χ3n) is 0.748. The molecule has 1 atom stereocenters. The van der Waals surface area contributed by atoms with Crippen molar-refractivity contribution < 1.29 is 4.79 Å². The Kier molecular flexibility index (Phi) is 3.44. The topological polar surface area (TPSA) is 20.3 Å². The quantitative estimate of drug-likeness (QED) is 0.499. The van der Waals surface area contributed by atoms with Crippen LogP contribution in [0.1, 0.15) is 6.92 Å². The zero-order valence-corrected chi connectivity index (χ0v) is 5.59. The van der Waals surface area contributed by atoms with Crippen LogP contribution in [0.25, 0.3) is 0 Å². The standard InChI is InChI=1S/C6H12NO/c1-6(5-8)4-7(2)3/h4-6H,1-3H3. The lowest BCUT2D eigenvalue weighted by Crippen LogP contribution is -2.13. The van der Waals surface area contributed by atoms with Gasteiger partial charge in [0.2, 0.25) is 0 Å². The highest BCUT2D eigenvalue weighted by molar-refractivity contribution is 5.54. The van der Waals surface area contributed by atoms with Crippen LogP contribution in [0, 0.1) is 12.5 Å². The Hall–Kier alpha value is -0.370. The maximum Gasteiger partial charge on any atom is 0.124 e. The molecule has 0 saturated carbocycles. The number of rotatable bonds is 3. The van der Waals surface area contributed by atoms with Gasteiger partial charge in [-0.1, -0.05) is 6.92 Å². The van der Waals surface area contributed by atoms with Crippen molar-refractivity contribution in [1.29, 1.82) is 0 Å². The molecular formula is C6H12NO. The SMILES string of the molecule is CC([CH]N(C)C)C=O. The number of hydrogen-bond donors (Lipinski definition) is 0. The van der Waals surface area contributed by atoms with Crippen molar-refractivity contribution in [1.82, 2.24) is 4.90 Å². The fourth-order valence-corrected chi connectivity index (χ4v) is 0.505. The minimum Gasteiger partial charge on any atom is -0.304 e. The van der Waals surface area contributed by atoms with Crippen LogP contribution < -0.4 is 0 Å². The first-order chi connectivity index (χ1) is 3.66. The van der Waals surface area contributed by atoms with Gasteiger partial charge in [-0.2, -0.15) is 0 Å². The van der Waals surface area contributed by atoms with Gasteiger partial charge in [-0.25, -0.2) is 0 Å². The Bertz CT molecular complexity index is 70.9. The molecule has 0 aromatic heterocycles. The van der Waals surface area contributed by atoms with E-state index in [1.54, 1.807) is 0 Å². The maximum atomic E-state index is 9.98. The molecule has 47 valence electrons. The van der Waals surface area contributed by atoms with Crippen molar-refractivity contribution in [3.8, 4) is 0 Å². The molecule has 0 aromatic carbocycles. The van der Waals surface area contributed by atoms with E-state index >= 15 is 0 Å².